The van der Waals surface area contributed by atoms with Gasteiger partial charge in [0.15, 0.2) is 0 Å². The van der Waals surface area contributed by atoms with E-state index in [1.165, 1.54) is 0 Å². The number of aliphatic hydroxyl groups excluding tert-OH is 2. The van der Waals surface area contributed by atoms with Crippen molar-refractivity contribution in [3.63, 3.8) is 0 Å². The molecule has 14 heavy (non-hydrogen) atoms. The number of halogens is 1. The lowest BCUT2D eigenvalue weighted by molar-refractivity contribution is 0.0321. The summed E-state index contributed by atoms with van der Waals surface area (Å²) in [6, 6.07) is 3.17. The van der Waals surface area contributed by atoms with Gasteiger partial charge >= 0.3 is 0 Å². The fourth-order valence-corrected chi connectivity index (χ4v) is 1.27. The minimum atomic E-state index is -1.33. The summed E-state index contributed by atoms with van der Waals surface area (Å²) in [4.78, 5) is 0. The fourth-order valence-electron chi connectivity index (χ4n) is 1.07. The molecule has 0 saturated heterocycles. The lowest BCUT2D eigenvalue weighted by Gasteiger charge is -2.17. The Labute approximate surface area is 86.2 Å². The number of phenols is 1. The number of aliphatic hydroxyl groups is 2. The number of thiol groups is 1. The van der Waals surface area contributed by atoms with Crippen LogP contribution in [0.3, 0.4) is 0 Å². The molecule has 0 aliphatic heterocycles. The van der Waals surface area contributed by atoms with Gasteiger partial charge in [0.05, 0.1) is 6.10 Å². The van der Waals surface area contributed by atoms with Crippen molar-refractivity contribution in [2.75, 3.05) is 5.75 Å². The van der Waals surface area contributed by atoms with E-state index in [0.29, 0.717) is 0 Å². The molecule has 3 nitrogen and oxygen atoms in total. The van der Waals surface area contributed by atoms with Crippen LogP contribution in [0.1, 0.15) is 11.7 Å². The van der Waals surface area contributed by atoms with Crippen LogP contribution in [-0.2, 0) is 0 Å². The second kappa shape index (κ2) is 4.63. The van der Waals surface area contributed by atoms with Crippen LogP contribution in [0.15, 0.2) is 18.2 Å². The first-order valence-electron chi connectivity index (χ1n) is 4.01. The first-order chi connectivity index (χ1) is 6.56. The molecule has 3 N–H and O–H groups in total. The summed E-state index contributed by atoms with van der Waals surface area (Å²) >= 11 is 3.78. The molecule has 0 spiro atoms. The second-order valence-electron chi connectivity index (χ2n) is 2.90. The van der Waals surface area contributed by atoms with Gasteiger partial charge in [-0.15, -0.1) is 0 Å². The van der Waals surface area contributed by atoms with Crippen molar-refractivity contribution in [3.8, 4) is 5.75 Å². The van der Waals surface area contributed by atoms with E-state index in [4.69, 9.17) is 0 Å². The molecule has 78 valence electrons. The standard InChI is InChI=1S/C9H11FO3S/c10-5-1-2-7(11)6(3-5)9(13)8(12)4-14/h1-3,8-9,11-14H,4H2. The molecular formula is C9H11FO3S. The molecule has 0 bridgehead atoms. The summed E-state index contributed by atoms with van der Waals surface area (Å²) in [5, 5.41) is 28.0. The van der Waals surface area contributed by atoms with Crippen molar-refractivity contribution in [2.45, 2.75) is 12.2 Å². The Morgan fingerprint density at radius 1 is 1.36 bits per heavy atom. The van der Waals surface area contributed by atoms with E-state index >= 15 is 0 Å². The number of aromatic hydroxyl groups is 1. The van der Waals surface area contributed by atoms with Gasteiger partial charge in [0.25, 0.3) is 0 Å². The topological polar surface area (TPSA) is 60.7 Å². The SMILES string of the molecule is Oc1ccc(F)cc1C(O)C(O)CS. The third kappa shape index (κ3) is 2.37. The summed E-state index contributed by atoms with van der Waals surface area (Å²) in [6.07, 6.45) is -2.46. The molecule has 0 amide bonds. The maximum absolute atomic E-state index is 12.8. The van der Waals surface area contributed by atoms with Crippen molar-refractivity contribution in [1.82, 2.24) is 0 Å². The van der Waals surface area contributed by atoms with Crippen molar-refractivity contribution < 1.29 is 19.7 Å². The molecule has 0 aromatic heterocycles. The predicted octanol–water partition coefficient (Wildman–Crippen LogP) is 0.855. The highest BCUT2D eigenvalue weighted by molar-refractivity contribution is 7.80. The number of benzene rings is 1. The second-order valence-corrected chi connectivity index (χ2v) is 3.26. The first-order valence-corrected chi connectivity index (χ1v) is 4.65. The van der Waals surface area contributed by atoms with E-state index in [-0.39, 0.29) is 17.1 Å². The van der Waals surface area contributed by atoms with Crippen LogP contribution in [0.25, 0.3) is 0 Å². The Kier molecular flexibility index (Phi) is 3.74. The Bertz CT molecular complexity index is 319. The minimum Gasteiger partial charge on any atom is -0.508 e. The zero-order valence-corrected chi connectivity index (χ0v) is 8.16. The highest BCUT2D eigenvalue weighted by atomic mass is 32.1. The Morgan fingerprint density at radius 3 is 2.57 bits per heavy atom. The highest BCUT2D eigenvalue weighted by Gasteiger charge is 2.20. The van der Waals surface area contributed by atoms with Gasteiger partial charge in [-0.1, -0.05) is 0 Å². The predicted molar refractivity (Wildman–Crippen MR) is 52.9 cm³/mol. The van der Waals surface area contributed by atoms with Crippen molar-refractivity contribution in [3.05, 3.63) is 29.6 Å². The lowest BCUT2D eigenvalue weighted by Crippen LogP contribution is -2.19. The molecule has 0 saturated carbocycles. The molecule has 2 atom stereocenters. The normalized spacial score (nSPS) is 15.1. The Morgan fingerprint density at radius 2 is 2.00 bits per heavy atom. The van der Waals surface area contributed by atoms with Crippen molar-refractivity contribution >= 4 is 12.6 Å². The van der Waals surface area contributed by atoms with Crippen LogP contribution >= 0.6 is 12.6 Å². The van der Waals surface area contributed by atoms with E-state index in [1.807, 2.05) is 0 Å². The van der Waals surface area contributed by atoms with Crippen LogP contribution in [-0.4, -0.2) is 27.2 Å². The summed E-state index contributed by atoms with van der Waals surface area (Å²) < 4.78 is 12.8. The average Bonchev–Trinajstić information content (AvgIpc) is 2.19. The van der Waals surface area contributed by atoms with Crippen molar-refractivity contribution in [1.29, 1.82) is 0 Å². The smallest absolute Gasteiger partial charge is 0.123 e. The van der Waals surface area contributed by atoms with Gasteiger partial charge in [-0.2, -0.15) is 12.6 Å². The molecule has 5 heteroatoms. The molecule has 0 heterocycles. The van der Waals surface area contributed by atoms with Crippen LogP contribution in [0, 0.1) is 5.82 Å². The van der Waals surface area contributed by atoms with Crippen LogP contribution in [0.2, 0.25) is 0 Å². The minimum absolute atomic E-state index is 0.0249. The van der Waals surface area contributed by atoms with E-state index in [2.05, 4.69) is 12.6 Å². The summed E-state index contributed by atoms with van der Waals surface area (Å²) in [6.45, 7) is 0. The van der Waals surface area contributed by atoms with E-state index in [0.717, 1.165) is 18.2 Å². The molecule has 0 aliphatic rings. The van der Waals surface area contributed by atoms with E-state index in [9.17, 15) is 19.7 Å². The monoisotopic (exact) mass is 218 g/mol. The van der Waals surface area contributed by atoms with Crippen LogP contribution in [0.4, 0.5) is 4.39 Å². The molecule has 2 unspecified atom stereocenters. The summed E-state index contributed by atoms with van der Waals surface area (Å²) in [5.41, 5.74) is -0.0356. The number of hydrogen-bond acceptors (Lipinski definition) is 4. The molecule has 0 radical (unpaired) electrons. The van der Waals surface area contributed by atoms with Gasteiger partial charge in [-0.05, 0) is 18.2 Å². The zero-order valence-electron chi connectivity index (χ0n) is 7.26. The van der Waals surface area contributed by atoms with Gasteiger partial charge in [-0.3, -0.25) is 0 Å². The Hall–Kier alpha value is -0.780. The first kappa shape index (κ1) is 11.3. The van der Waals surface area contributed by atoms with Crippen molar-refractivity contribution in [2.24, 2.45) is 0 Å². The van der Waals surface area contributed by atoms with Gasteiger partial charge in [0.1, 0.15) is 17.7 Å². The lowest BCUT2D eigenvalue weighted by atomic mass is 10.0. The molecule has 1 aromatic rings. The number of rotatable bonds is 3. The molecule has 1 aromatic carbocycles. The highest BCUT2D eigenvalue weighted by Crippen LogP contribution is 2.27. The zero-order chi connectivity index (χ0) is 10.7. The molecule has 0 aliphatic carbocycles. The Balaban J connectivity index is 2.99. The average molecular weight is 218 g/mol. The third-order valence-electron chi connectivity index (χ3n) is 1.86. The third-order valence-corrected chi connectivity index (χ3v) is 2.23. The van der Waals surface area contributed by atoms with Gasteiger partial charge in [0.2, 0.25) is 0 Å². The maximum atomic E-state index is 12.8. The largest absolute Gasteiger partial charge is 0.508 e. The number of hydrogen-bond donors (Lipinski definition) is 4. The fraction of sp³-hybridized carbons (Fsp3) is 0.333. The van der Waals surface area contributed by atoms with E-state index in [1.54, 1.807) is 0 Å². The van der Waals surface area contributed by atoms with E-state index < -0.39 is 18.0 Å². The van der Waals surface area contributed by atoms with Crippen LogP contribution in [0.5, 0.6) is 5.75 Å². The molecule has 0 fully saturated rings. The molecular weight excluding hydrogens is 207 g/mol. The van der Waals surface area contributed by atoms with Gasteiger partial charge < -0.3 is 15.3 Å². The maximum Gasteiger partial charge on any atom is 0.123 e. The number of phenolic OH excluding ortho intramolecular Hbond substituents is 1. The quantitative estimate of drug-likeness (QED) is 0.569. The summed E-state index contributed by atoms with van der Waals surface area (Å²) in [5.74, 6) is -0.806. The van der Waals surface area contributed by atoms with Gasteiger partial charge in [0, 0.05) is 11.3 Å². The van der Waals surface area contributed by atoms with Crippen LogP contribution < -0.4 is 0 Å². The van der Waals surface area contributed by atoms with Gasteiger partial charge in [-0.25, -0.2) is 4.39 Å². The summed E-state index contributed by atoms with van der Waals surface area (Å²) in [7, 11) is 0. The molecule has 1 rings (SSSR count).